The number of hydrogen-bond donors (Lipinski definition) is 2. The van der Waals surface area contributed by atoms with Crippen molar-refractivity contribution in [1.29, 1.82) is 0 Å². The van der Waals surface area contributed by atoms with Crippen LogP contribution in [0.1, 0.15) is 17.8 Å². The fraction of sp³-hybridized carbons (Fsp3) is 0.438. The van der Waals surface area contributed by atoms with Gasteiger partial charge in [0.15, 0.2) is 0 Å². The van der Waals surface area contributed by atoms with Crippen LogP contribution in [0.15, 0.2) is 35.7 Å². The maximum atomic E-state index is 10.7. The van der Waals surface area contributed by atoms with Gasteiger partial charge < -0.3 is 15.6 Å². The second-order valence-corrected chi connectivity index (χ2v) is 6.16. The van der Waals surface area contributed by atoms with E-state index in [-0.39, 0.29) is 0 Å². The van der Waals surface area contributed by atoms with Crippen molar-refractivity contribution < 1.29 is 9.84 Å². The molecular formula is C16H22N2O2S. The molecule has 2 aromatic rings. The Morgan fingerprint density at radius 2 is 2.10 bits per heavy atom. The Balaban J connectivity index is 2.09. The van der Waals surface area contributed by atoms with Crippen molar-refractivity contribution in [3.05, 3.63) is 40.7 Å². The van der Waals surface area contributed by atoms with Crippen molar-refractivity contribution in [2.45, 2.75) is 24.9 Å². The van der Waals surface area contributed by atoms with Crippen LogP contribution < -0.4 is 5.73 Å². The van der Waals surface area contributed by atoms with Crippen LogP contribution in [0.2, 0.25) is 0 Å². The van der Waals surface area contributed by atoms with Gasteiger partial charge in [0.25, 0.3) is 0 Å². The first-order chi connectivity index (χ1) is 10.2. The lowest BCUT2D eigenvalue weighted by molar-refractivity contribution is -0.0375. The number of aliphatic hydroxyl groups is 1. The van der Waals surface area contributed by atoms with Crippen molar-refractivity contribution >= 4 is 11.3 Å². The van der Waals surface area contributed by atoms with E-state index in [0.29, 0.717) is 26.0 Å². The van der Waals surface area contributed by atoms with E-state index < -0.39 is 5.60 Å². The molecule has 0 saturated heterocycles. The van der Waals surface area contributed by atoms with Crippen LogP contribution in [0.4, 0.5) is 0 Å². The predicted octanol–water partition coefficient (Wildman–Crippen LogP) is 2.47. The summed E-state index contributed by atoms with van der Waals surface area (Å²) < 4.78 is 5.15. The summed E-state index contributed by atoms with van der Waals surface area (Å²) >= 11 is 1.57. The number of aromatic nitrogens is 1. The lowest BCUT2D eigenvalue weighted by Gasteiger charge is -2.26. The van der Waals surface area contributed by atoms with E-state index in [2.05, 4.69) is 4.98 Å². The first-order valence-electron chi connectivity index (χ1n) is 7.08. The topological polar surface area (TPSA) is 68.4 Å². The summed E-state index contributed by atoms with van der Waals surface area (Å²) in [5.74, 6) is 0. The third kappa shape index (κ3) is 4.61. The van der Waals surface area contributed by atoms with Crippen molar-refractivity contribution in [3.63, 3.8) is 0 Å². The summed E-state index contributed by atoms with van der Waals surface area (Å²) in [5, 5.41) is 13.6. The smallest absolute Gasteiger partial charge is 0.0962 e. The second kappa shape index (κ2) is 7.66. The van der Waals surface area contributed by atoms with Gasteiger partial charge in [-0.25, -0.2) is 4.98 Å². The third-order valence-electron chi connectivity index (χ3n) is 3.36. The summed E-state index contributed by atoms with van der Waals surface area (Å²) in [6, 6.07) is 10.1. The summed E-state index contributed by atoms with van der Waals surface area (Å²) in [6.45, 7) is 0.867. The Kier molecular flexibility index (Phi) is 5.87. The summed E-state index contributed by atoms with van der Waals surface area (Å²) in [4.78, 5) is 4.63. The highest BCUT2D eigenvalue weighted by atomic mass is 32.1. The maximum Gasteiger partial charge on any atom is 0.0962 e. The minimum Gasteiger partial charge on any atom is -0.387 e. The maximum absolute atomic E-state index is 10.7. The molecule has 0 aliphatic rings. The van der Waals surface area contributed by atoms with Crippen LogP contribution in [-0.4, -0.2) is 36.0 Å². The number of nitrogens with zero attached hydrogens (tertiary/aromatic N) is 1. The summed E-state index contributed by atoms with van der Waals surface area (Å²) in [6.07, 6.45) is 1.90. The van der Waals surface area contributed by atoms with Gasteiger partial charge in [-0.15, -0.1) is 11.3 Å². The quantitative estimate of drug-likeness (QED) is 0.786. The van der Waals surface area contributed by atoms with E-state index in [4.69, 9.17) is 10.5 Å². The van der Waals surface area contributed by atoms with Crippen molar-refractivity contribution in [2.75, 3.05) is 20.3 Å². The molecule has 114 valence electrons. The van der Waals surface area contributed by atoms with Gasteiger partial charge in [-0.3, -0.25) is 0 Å². The molecule has 1 unspecified atom stereocenters. The molecular weight excluding hydrogens is 284 g/mol. The standard InChI is InChI=1S/C16H22N2O2S/c1-20-12-16(19,8-5-9-17)10-15-18-14(11-21-15)13-6-3-2-4-7-13/h2-4,6-7,11,19H,5,8-10,12,17H2,1H3. The summed E-state index contributed by atoms with van der Waals surface area (Å²) in [5.41, 5.74) is 6.70. The normalized spacial score (nSPS) is 14.0. The molecule has 4 nitrogen and oxygen atoms in total. The third-order valence-corrected chi connectivity index (χ3v) is 4.21. The minimum absolute atomic E-state index is 0.299. The average Bonchev–Trinajstić information content (AvgIpc) is 2.94. The zero-order chi connectivity index (χ0) is 15.1. The molecule has 0 radical (unpaired) electrons. The number of ether oxygens (including phenoxy) is 1. The highest BCUT2D eigenvalue weighted by Crippen LogP contribution is 2.26. The fourth-order valence-electron chi connectivity index (χ4n) is 2.33. The van der Waals surface area contributed by atoms with E-state index in [1.165, 1.54) is 0 Å². The highest BCUT2D eigenvalue weighted by molar-refractivity contribution is 7.09. The second-order valence-electron chi connectivity index (χ2n) is 5.22. The molecule has 1 aromatic carbocycles. The van der Waals surface area contributed by atoms with Gasteiger partial charge in [-0.2, -0.15) is 0 Å². The average molecular weight is 306 g/mol. The van der Waals surface area contributed by atoms with Crippen LogP contribution in [-0.2, 0) is 11.2 Å². The Morgan fingerprint density at radius 3 is 2.76 bits per heavy atom. The van der Waals surface area contributed by atoms with E-state index in [1.54, 1.807) is 18.4 Å². The Labute approximate surface area is 129 Å². The van der Waals surface area contributed by atoms with Crippen LogP contribution in [0, 0.1) is 0 Å². The van der Waals surface area contributed by atoms with Gasteiger partial charge in [0.05, 0.1) is 22.9 Å². The van der Waals surface area contributed by atoms with E-state index in [9.17, 15) is 5.11 Å². The number of thiazole rings is 1. The molecule has 21 heavy (non-hydrogen) atoms. The van der Waals surface area contributed by atoms with Gasteiger partial charge in [0, 0.05) is 24.5 Å². The molecule has 2 rings (SSSR count). The molecule has 0 aliphatic heterocycles. The lowest BCUT2D eigenvalue weighted by Crippen LogP contribution is -2.37. The van der Waals surface area contributed by atoms with Crippen molar-refractivity contribution in [1.82, 2.24) is 4.98 Å². The number of hydrogen-bond acceptors (Lipinski definition) is 5. The van der Waals surface area contributed by atoms with Crippen LogP contribution >= 0.6 is 11.3 Å². The van der Waals surface area contributed by atoms with Gasteiger partial charge >= 0.3 is 0 Å². The molecule has 0 bridgehead atoms. The molecule has 1 aromatic heterocycles. The van der Waals surface area contributed by atoms with E-state index >= 15 is 0 Å². The van der Waals surface area contributed by atoms with E-state index in [1.807, 2.05) is 35.7 Å². The molecule has 0 spiro atoms. The summed E-state index contributed by atoms with van der Waals surface area (Å²) in [7, 11) is 1.60. The van der Waals surface area contributed by atoms with Crippen molar-refractivity contribution in [2.24, 2.45) is 5.73 Å². The predicted molar refractivity (Wildman–Crippen MR) is 86.4 cm³/mol. The Bertz CT molecular complexity index is 544. The number of rotatable bonds is 8. The molecule has 0 saturated carbocycles. The monoisotopic (exact) mass is 306 g/mol. The van der Waals surface area contributed by atoms with Gasteiger partial charge in [0.1, 0.15) is 0 Å². The SMILES string of the molecule is COCC(O)(CCCN)Cc1nc(-c2ccccc2)cs1. The number of methoxy groups -OCH3 is 1. The zero-order valence-electron chi connectivity index (χ0n) is 12.3. The molecule has 3 N–H and O–H groups in total. The zero-order valence-corrected chi connectivity index (χ0v) is 13.1. The molecule has 0 aliphatic carbocycles. The van der Waals surface area contributed by atoms with Crippen LogP contribution in [0.25, 0.3) is 11.3 Å². The van der Waals surface area contributed by atoms with Gasteiger partial charge in [-0.1, -0.05) is 30.3 Å². The fourth-order valence-corrected chi connectivity index (χ4v) is 3.27. The molecule has 0 fully saturated rings. The number of nitrogens with two attached hydrogens (primary N) is 1. The molecule has 0 amide bonds. The highest BCUT2D eigenvalue weighted by Gasteiger charge is 2.28. The van der Waals surface area contributed by atoms with Gasteiger partial charge in [0.2, 0.25) is 0 Å². The lowest BCUT2D eigenvalue weighted by atomic mass is 9.95. The first-order valence-corrected chi connectivity index (χ1v) is 7.96. The molecule has 1 heterocycles. The first kappa shape index (κ1) is 16.1. The molecule has 1 atom stereocenters. The Morgan fingerprint density at radius 1 is 1.33 bits per heavy atom. The van der Waals surface area contributed by atoms with Gasteiger partial charge in [-0.05, 0) is 19.4 Å². The van der Waals surface area contributed by atoms with E-state index in [0.717, 1.165) is 22.7 Å². The molecule has 5 heteroatoms. The number of benzene rings is 1. The van der Waals surface area contributed by atoms with Crippen LogP contribution in [0.3, 0.4) is 0 Å². The Hall–Kier alpha value is -1.27. The minimum atomic E-state index is -0.889. The largest absolute Gasteiger partial charge is 0.387 e. The van der Waals surface area contributed by atoms with Crippen LogP contribution in [0.5, 0.6) is 0 Å². The van der Waals surface area contributed by atoms with Crippen molar-refractivity contribution in [3.8, 4) is 11.3 Å².